The molecule has 0 bridgehead atoms. The number of carbonyl (C=O) groups excluding carboxylic acids is 1. The van der Waals surface area contributed by atoms with Crippen LogP contribution in [-0.4, -0.2) is 46.5 Å². The SMILES string of the molecule is O=C(O)N(CC(=O)N1CCCCCC1)Cc1ccccc1. The second kappa shape index (κ2) is 7.67. The predicted octanol–water partition coefficient (Wildman–Crippen LogP) is 2.57. The first-order valence-corrected chi connectivity index (χ1v) is 7.46. The molecular formula is C16H22N2O3. The number of hydrogen-bond acceptors (Lipinski definition) is 2. The smallest absolute Gasteiger partial charge is 0.408 e. The zero-order chi connectivity index (χ0) is 15.1. The number of rotatable bonds is 4. The molecule has 114 valence electrons. The van der Waals surface area contributed by atoms with Crippen LogP contribution in [-0.2, 0) is 11.3 Å². The van der Waals surface area contributed by atoms with Gasteiger partial charge in [0.2, 0.25) is 5.91 Å². The summed E-state index contributed by atoms with van der Waals surface area (Å²) < 4.78 is 0. The monoisotopic (exact) mass is 290 g/mol. The van der Waals surface area contributed by atoms with Gasteiger partial charge in [0.05, 0.1) is 0 Å². The van der Waals surface area contributed by atoms with Gasteiger partial charge in [-0.1, -0.05) is 43.2 Å². The number of likely N-dealkylation sites (tertiary alicyclic amines) is 1. The molecule has 1 saturated heterocycles. The largest absolute Gasteiger partial charge is 0.465 e. The number of hydrogen-bond donors (Lipinski definition) is 1. The van der Waals surface area contributed by atoms with Crippen molar-refractivity contribution in [1.29, 1.82) is 0 Å². The molecule has 1 aromatic carbocycles. The molecule has 0 aromatic heterocycles. The van der Waals surface area contributed by atoms with Gasteiger partial charge in [0, 0.05) is 19.6 Å². The van der Waals surface area contributed by atoms with Crippen molar-refractivity contribution in [3.63, 3.8) is 0 Å². The highest BCUT2D eigenvalue weighted by Crippen LogP contribution is 2.11. The van der Waals surface area contributed by atoms with Gasteiger partial charge in [-0.25, -0.2) is 4.79 Å². The molecule has 1 aromatic rings. The first-order valence-electron chi connectivity index (χ1n) is 7.46. The fraction of sp³-hybridized carbons (Fsp3) is 0.500. The Bertz CT molecular complexity index is 468. The Morgan fingerprint density at radius 3 is 2.24 bits per heavy atom. The number of nitrogens with zero attached hydrogens (tertiary/aromatic N) is 2. The molecule has 1 N–H and O–H groups in total. The second-order valence-corrected chi connectivity index (χ2v) is 5.42. The summed E-state index contributed by atoms with van der Waals surface area (Å²) in [7, 11) is 0. The highest BCUT2D eigenvalue weighted by atomic mass is 16.4. The van der Waals surface area contributed by atoms with Crippen molar-refractivity contribution in [2.24, 2.45) is 0 Å². The van der Waals surface area contributed by atoms with E-state index in [9.17, 15) is 14.7 Å². The van der Waals surface area contributed by atoms with E-state index in [1.807, 2.05) is 30.3 Å². The third-order valence-corrected chi connectivity index (χ3v) is 3.77. The van der Waals surface area contributed by atoms with Crippen LogP contribution in [0.1, 0.15) is 31.2 Å². The average Bonchev–Trinajstić information content (AvgIpc) is 2.76. The van der Waals surface area contributed by atoms with Crippen LogP contribution in [0.25, 0.3) is 0 Å². The summed E-state index contributed by atoms with van der Waals surface area (Å²) in [6.45, 7) is 1.68. The first kappa shape index (κ1) is 15.4. The lowest BCUT2D eigenvalue weighted by Crippen LogP contribution is -2.42. The molecule has 0 saturated carbocycles. The minimum Gasteiger partial charge on any atom is -0.465 e. The topological polar surface area (TPSA) is 60.9 Å². The van der Waals surface area contributed by atoms with E-state index in [4.69, 9.17) is 0 Å². The van der Waals surface area contributed by atoms with Crippen LogP contribution in [0.4, 0.5) is 4.79 Å². The van der Waals surface area contributed by atoms with E-state index in [1.165, 1.54) is 4.90 Å². The molecule has 5 heteroatoms. The van der Waals surface area contributed by atoms with E-state index in [1.54, 1.807) is 4.90 Å². The maximum Gasteiger partial charge on any atom is 0.408 e. The lowest BCUT2D eigenvalue weighted by atomic mass is 10.2. The maximum atomic E-state index is 12.3. The number of carboxylic acid groups (broad SMARTS) is 1. The number of benzene rings is 1. The highest BCUT2D eigenvalue weighted by Gasteiger charge is 2.21. The zero-order valence-electron chi connectivity index (χ0n) is 12.2. The Balaban J connectivity index is 1.95. The molecule has 0 radical (unpaired) electrons. The van der Waals surface area contributed by atoms with Gasteiger partial charge >= 0.3 is 6.09 Å². The lowest BCUT2D eigenvalue weighted by Gasteiger charge is -2.25. The maximum absolute atomic E-state index is 12.3. The van der Waals surface area contributed by atoms with Crippen molar-refractivity contribution >= 4 is 12.0 Å². The van der Waals surface area contributed by atoms with Crippen LogP contribution in [0.2, 0.25) is 0 Å². The molecule has 2 rings (SSSR count). The van der Waals surface area contributed by atoms with Gasteiger partial charge in [-0.2, -0.15) is 0 Å². The van der Waals surface area contributed by atoms with Crippen LogP contribution in [0.5, 0.6) is 0 Å². The zero-order valence-corrected chi connectivity index (χ0v) is 12.2. The summed E-state index contributed by atoms with van der Waals surface area (Å²) in [5.74, 6) is -0.0877. The quantitative estimate of drug-likeness (QED) is 0.927. The summed E-state index contributed by atoms with van der Waals surface area (Å²) in [4.78, 5) is 26.6. The van der Waals surface area contributed by atoms with E-state index in [2.05, 4.69) is 0 Å². The first-order chi connectivity index (χ1) is 10.2. The minimum absolute atomic E-state index is 0.0653. The standard InChI is InChI=1S/C16H22N2O3/c19-15(17-10-6-1-2-7-11-17)13-18(16(20)21)12-14-8-4-3-5-9-14/h3-5,8-9H,1-2,6-7,10-13H2,(H,20,21). The van der Waals surface area contributed by atoms with Crippen LogP contribution in [0.3, 0.4) is 0 Å². The summed E-state index contributed by atoms with van der Waals surface area (Å²) >= 11 is 0. The van der Waals surface area contributed by atoms with Crippen molar-refractivity contribution in [1.82, 2.24) is 9.80 Å². The van der Waals surface area contributed by atoms with Gasteiger partial charge in [-0.15, -0.1) is 0 Å². The Labute approximate surface area is 125 Å². The average molecular weight is 290 g/mol. The van der Waals surface area contributed by atoms with Crippen LogP contribution >= 0.6 is 0 Å². The summed E-state index contributed by atoms with van der Waals surface area (Å²) in [5, 5.41) is 9.29. The predicted molar refractivity (Wildman–Crippen MR) is 79.9 cm³/mol. The van der Waals surface area contributed by atoms with E-state index >= 15 is 0 Å². The summed E-state index contributed by atoms with van der Waals surface area (Å²) in [6.07, 6.45) is 3.27. The van der Waals surface area contributed by atoms with Gasteiger partial charge in [0.25, 0.3) is 0 Å². The van der Waals surface area contributed by atoms with Crippen LogP contribution in [0, 0.1) is 0 Å². The molecule has 21 heavy (non-hydrogen) atoms. The molecule has 1 aliphatic rings. The van der Waals surface area contributed by atoms with E-state index in [0.717, 1.165) is 44.3 Å². The molecule has 1 fully saturated rings. The van der Waals surface area contributed by atoms with Gasteiger partial charge in [-0.05, 0) is 18.4 Å². The number of amides is 2. The van der Waals surface area contributed by atoms with Crippen molar-refractivity contribution in [3.05, 3.63) is 35.9 Å². The molecule has 0 atom stereocenters. The van der Waals surface area contributed by atoms with Gasteiger partial charge in [0.15, 0.2) is 0 Å². The Morgan fingerprint density at radius 1 is 1.05 bits per heavy atom. The fourth-order valence-electron chi connectivity index (χ4n) is 2.58. The summed E-state index contributed by atoms with van der Waals surface area (Å²) in [5.41, 5.74) is 0.892. The molecular weight excluding hydrogens is 268 g/mol. The third-order valence-electron chi connectivity index (χ3n) is 3.77. The van der Waals surface area contributed by atoms with Crippen molar-refractivity contribution in [3.8, 4) is 0 Å². The van der Waals surface area contributed by atoms with E-state index in [0.29, 0.717) is 0 Å². The van der Waals surface area contributed by atoms with Crippen molar-refractivity contribution in [2.45, 2.75) is 32.2 Å². The van der Waals surface area contributed by atoms with Crippen LogP contribution in [0.15, 0.2) is 30.3 Å². The summed E-state index contributed by atoms with van der Waals surface area (Å²) in [6, 6.07) is 9.35. The Hall–Kier alpha value is -2.04. The van der Waals surface area contributed by atoms with Gasteiger partial charge < -0.3 is 10.0 Å². The fourth-order valence-corrected chi connectivity index (χ4v) is 2.58. The Kier molecular flexibility index (Phi) is 5.60. The molecule has 2 amide bonds. The highest BCUT2D eigenvalue weighted by molar-refractivity contribution is 5.81. The van der Waals surface area contributed by atoms with Crippen LogP contribution < -0.4 is 0 Å². The number of carbonyl (C=O) groups is 2. The second-order valence-electron chi connectivity index (χ2n) is 5.42. The molecule has 0 spiro atoms. The Morgan fingerprint density at radius 2 is 1.67 bits per heavy atom. The van der Waals surface area contributed by atoms with Crippen molar-refractivity contribution in [2.75, 3.05) is 19.6 Å². The molecule has 0 unspecified atom stereocenters. The molecule has 0 aliphatic carbocycles. The van der Waals surface area contributed by atoms with Gasteiger partial charge in [0.1, 0.15) is 6.54 Å². The van der Waals surface area contributed by atoms with Gasteiger partial charge in [-0.3, -0.25) is 9.69 Å². The normalized spacial score (nSPS) is 15.3. The molecule has 1 heterocycles. The molecule has 1 aliphatic heterocycles. The minimum atomic E-state index is -1.05. The lowest BCUT2D eigenvalue weighted by molar-refractivity contribution is -0.132. The third kappa shape index (κ3) is 4.77. The van der Waals surface area contributed by atoms with Crippen molar-refractivity contribution < 1.29 is 14.7 Å². The molecule has 5 nitrogen and oxygen atoms in total. The van der Waals surface area contributed by atoms with E-state index in [-0.39, 0.29) is 19.0 Å². The van der Waals surface area contributed by atoms with E-state index < -0.39 is 6.09 Å².